The summed E-state index contributed by atoms with van der Waals surface area (Å²) in [4.78, 5) is 24.9. The van der Waals surface area contributed by atoms with Crippen LogP contribution in [0.2, 0.25) is 10.0 Å². The maximum atomic E-state index is 12.1. The molecule has 0 spiro atoms. The molecule has 0 saturated heterocycles. The summed E-state index contributed by atoms with van der Waals surface area (Å²) in [6, 6.07) is 15.3. The van der Waals surface area contributed by atoms with Crippen molar-refractivity contribution in [3.63, 3.8) is 0 Å². The molecule has 0 atom stereocenters. The molecular formula is C19H14Cl2N2O3S. The van der Waals surface area contributed by atoms with E-state index in [2.05, 4.69) is 10.6 Å². The van der Waals surface area contributed by atoms with Gasteiger partial charge in [-0.25, -0.2) is 0 Å². The monoisotopic (exact) mass is 420 g/mol. The normalized spacial score (nSPS) is 10.4. The molecule has 0 fully saturated rings. The van der Waals surface area contributed by atoms with Gasteiger partial charge in [0.25, 0.3) is 5.91 Å². The molecule has 5 nitrogen and oxygen atoms in total. The maximum Gasteiger partial charge on any atom is 0.291 e. The number of nitrogens with one attached hydrogen (secondary N) is 2. The first kappa shape index (κ1) is 19.4. The molecule has 0 aliphatic carbocycles. The van der Waals surface area contributed by atoms with Crippen LogP contribution in [0.1, 0.15) is 10.6 Å². The fourth-order valence-corrected chi connectivity index (χ4v) is 3.32. The average molecular weight is 421 g/mol. The van der Waals surface area contributed by atoms with Gasteiger partial charge in [-0.1, -0.05) is 23.2 Å². The molecule has 0 bridgehead atoms. The van der Waals surface area contributed by atoms with Crippen molar-refractivity contribution in [3.8, 4) is 0 Å². The van der Waals surface area contributed by atoms with E-state index >= 15 is 0 Å². The highest BCUT2D eigenvalue weighted by atomic mass is 35.5. The fourth-order valence-electron chi connectivity index (χ4n) is 2.16. The molecule has 1 heterocycles. The second-order valence-corrected chi connectivity index (χ2v) is 7.31. The van der Waals surface area contributed by atoms with E-state index in [9.17, 15) is 9.59 Å². The second-order valence-electron chi connectivity index (χ2n) is 5.42. The van der Waals surface area contributed by atoms with Gasteiger partial charge in [-0.05, 0) is 54.6 Å². The van der Waals surface area contributed by atoms with Crippen LogP contribution in [0.15, 0.2) is 70.2 Å². The van der Waals surface area contributed by atoms with E-state index in [-0.39, 0.29) is 23.3 Å². The molecule has 2 amide bonds. The Hall–Kier alpha value is -2.41. The Bertz CT molecular complexity index is 944. The van der Waals surface area contributed by atoms with Crippen molar-refractivity contribution in [1.29, 1.82) is 0 Å². The standard InChI is InChI=1S/C19H14Cl2N2O3S/c20-12-3-8-16(15(21)10-12)23-18(24)11-27-14-6-4-13(5-7-14)22-19(25)17-2-1-9-26-17/h1-10H,11H2,(H,22,25)(H,23,24). The lowest BCUT2D eigenvalue weighted by atomic mass is 10.3. The van der Waals surface area contributed by atoms with E-state index in [0.717, 1.165) is 4.90 Å². The Morgan fingerprint density at radius 3 is 2.44 bits per heavy atom. The zero-order valence-electron chi connectivity index (χ0n) is 13.9. The van der Waals surface area contributed by atoms with Crippen molar-refractivity contribution in [2.45, 2.75) is 4.90 Å². The first-order chi connectivity index (χ1) is 13.0. The molecule has 0 unspecified atom stereocenters. The number of amides is 2. The molecule has 0 saturated carbocycles. The van der Waals surface area contributed by atoms with Crippen molar-refractivity contribution in [2.75, 3.05) is 16.4 Å². The van der Waals surface area contributed by atoms with Crippen LogP contribution >= 0.6 is 35.0 Å². The largest absolute Gasteiger partial charge is 0.459 e. The SMILES string of the molecule is O=C(CSc1ccc(NC(=O)c2ccco2)cc1)Nc1ccc(Cl)cc1Cl. The zero-order chi connectivity index (χ0) is 19.2. The van der Waals surface area contributed by atoms with Gasteiger partial charge in [-0.15, -0.1) is 11.8 Å². The van der Waals surface area contributed by atoms with E-state index < -0.39 is 0 Å². The molecule has 27 heavy (non-hydrogen) atoms. The summed E-state index contributed by atoms with van der Waals surface area (Å²) >= 11 is 13.2. The first-order valence-corrected chi connectivity index (χ1v) is 9.58. The first-order valence-electron chi connectivity index (χ1n) is 7.84. The van der Waals surface area contributed by atoms with Crippen molar-refractivity contribution >= 4 is 58.2 Å². The summed E-state index contributed by atoms with van der Waals surface area (Å²) in [5, 5.41) is 6.37. The Morgan fingerprint density at radius 2 is 1.78 bits per heavy atom. The van der Waals surface area contributed by atoms with Crippen molar-refractivity contribution < 1.29 is 14.0 Å². The second kappa shape index (κ2) is 8.99. The number of halogens is 2. The summed E-state index contributed by atoms with van der Waals surface area (Å²) in [6.45, 7) is 0. The molecular weight excluding hydrogens is 407 g/mol. The van der Waals surface area contributed by atoms with Crippen LogP contribution in [-0.4, -0.2) is 17.6 Å². The summed E-state index contributed by atoms with van der Waals surface area (Å²) in [7, 11) is 0. The Labute approximate surface area is 170 Å². The smallest absolute Gasteiger partial charge is 0.291 e. The van der Waals surface area contributed by atoms with Crippen LogP contribution in [0.4, 0.5) is 11.4 Å². The number of carbonyl (C=O) groups is 2. The Kier molecular flexibility index (Phi) is 6.45. The predicted molar refractivity (Wildman–Crippen MR) is 109 cm³/mol. The molecule has 0 aliphatic heterocycles. The summed E-state index contributed by atoms with van der Waals surface area (Å²) in [6.07, 6.45) is 1.44. The van der Waals surface area contributed by atoms with Crippen LogP contribution < -0.4 is 10.6 Å². The minimum atomic E-state index is -0.320. The van der Waals surface area contributed by atoms with E-state index in [0.29, 0.717) is 21.4 Å². The molecule has 3 aromatic rings. The van der Waals surface area contributed by atoms with Gasteiger partial charge in [0.15, 0.2) is 5.76 Å². The molecule has 3 rings (SSSR count). The quantitative estimate of drug-likeness (QED) is 0.511. The lowest BCUT2D eigenvalue weighted by Crippen LogP contribution is -2.14. The third kappa shape index (κ3) is 5.53. The zero-order valence-corrected chi connectivity index (χ0v) is 16.2. The third-order valence-electron chi connectivity index (χ3n) is 3.43. The number of hydrogen-bond acceptors (Lipinski definition) is 4. The number of rotatable bonds is 6. The van der Waals surface area contributed by atoms with Crippen LogP contribution in [0.25, 0.3) is 0 Å². The third-order valence-corrected chi connectivity index (χ3v) is 4.99. The van der Waals surface area contributed by atoms with E-state index in [1.54, 1.807) is 42.5 Å². The van der Waals surface area contributed by atoms with Crippen LogP contribution in [0, 0.1) is 0 Å². The minimum absolute atomic E-state index is 0.181. The average Bonchev–Trinajstić information content (AvgIpc) is 3.18. The number of benzene rings is 2. The topological polar surface area (TPSA) is 71.3 Å². The number of anilines is 2. The predicted octanol–water partition coefficient (Wildman–Crippen LogP) is 5.57. The highest BCUT2D eigenvalue weighted by Crippen LogP contribution is 2.26. The molecule has 0 aliphatic rings. The van der Waals surface area contributed by atoms with Gasteiger partial charge in [-0.3, -0.25) is 9.59 Å². The van der Waals surface area contributed by atoms with Crippen LogP contribution in [0.5, 0.6) is 0 Å². The van der Waals surface area contributed by atoms with Crippen LogP contribution in [-0.2, 0) is 4.79 Å². The number of carbonyl (C=O) groups excluding carboxylic acids is 2. The van der Waals surface area contributed by atoms with Crippen molar-refractivity contribution in [1.82, 2.24) is 0 Å². The van der Waals surface area contributed by atoms with Gasteiger partial charge in [0.05, 0.1) is 22.7 Å². The summed E-state index contributed by atoms with van der Waals surface area (Å²) < 4.78 is 5.04. The highest BCUT2D eigenvalue weighted by Gasteiger charge is 2.10. The van der Waals surface area contributed by atoms with Gasteiger partial charge in [0, 0.05) is 15.6 Å². The lowest BCUT2D eigenvalue weighted by molar-refractivity contribution is -0.113. The summed E-state index contributed by atoms with van der Waals surface area (Å²) in [5.74, 6) is -0.0399. The molecule has 2 aromatic carbocycles. The molecule has 1 aromatic heterocycles. The Balaban J connectivity index is 1.51. The van der Waals surface area contributed by atoms with Gasteiger partial charge in [0.1, 0.15) is 0 Å². The van der Waals surface area contributed by atoms with Crippen LogP contribution in [0.3, 0.4) is 0 Å². The highest BCUT2D eigenvalue weighted by molar-refractivity contribution is 8.00. The number of hydrogen-bond donors (Lipinski definition) is 2. The van der Waals surface area contributed by atoms with Gasteiger partial charge in [-0.2, -0.15) is 0 Å². The molecule has 0 radical (unpaired) electrons. The van der Waals surface area contributed by atoms with E-state index in [1.165, 1.54) is 18.0 Å². The van der Waals surface area contributed by atoms with Crippen molar-refractivity contribution in [2.24, 2.45) is 0 Å². The van der Waals surface area contributed by atoms with E-state index in [4.69, 9.17) is 27.6 Å². The summed E-state index contributed by atoms with van der Waals surface area (Å²) in [5.41, 5.74) is 1.15. The number of furan rings is 1. The van der Waals surface area contributed by atoms with Gasteiger partial charge >= 0.3 is 0 Å². The number of thioether (sulfide) groups is 1. The minimum Gasteiger partial charge on any atom is -0.459 e. The fraction of sp³-hybridized carbons (Fsp3) is 0.0526. The van der Waals surface area contributed by atoms with Gasteiger partial charge in [0.2, 0.25) is 5.91 Å². The molecule has 138 valence electrons. The molecule has 8 heteroatoms. The van der Waals surface area contributed by atoms with Crippen molar-refractivity contribution in [3.05, 3.63) is 76.7 Å². The van der Waals surface area contributed by atoms with Gasteiger partial charge < -0.3 is 15.1 Å². The van der Waals surface area contributed by atoms with E-state index in [1.807, 2.05) is 12.1 Å². The molecule has 2 N–H and O–H groups in total. The Morgan fingerprint density at radius 1 is 1.00 bits per heavy atom. The lowest BCUT2D eigenvalue weighted by Gasteiger charge is -2.08. The maximum absolute atomic E-state index is 12.1.